The van der Waals surface area contributed by atoms with Crippen LogP contribution < -0.4 is 21.2 Å². The van der Waals surface area contributed by atoms with Crippen LogP contribution in [0.1, 0.15) is 0 Å². The van der Waals surface area contributed by atoms with Gasteiger partial charge in [-0.05, 0) is 41.8 Å². The fourth-order valence-corrected chi connectivity index (χ4v) is 4.44. The van der Waals surface area contributed by atoms with E-state index in [2.05, 4.69) is 42.5 Å². The minimum absolute atomic E-state index is 0.166. The SMILES string of the molecule is Fc1ccc([I+]c2cccc3ccccc23)cc1. The van der Waals surface area contributed by atoms with E-state index in [0.29, 0.717) is 0 Å². The number of rotatable bonds is 2. The van der Waals surface area contributed by atoms with E-state index in [1.807, 2.05) is 12.1 Å². The lowest BCUT2D eigenvalue weighted by Gasteiger charge is -1.96. The van der Waals surface area contributed by atoms with Crippen molar-refractivity contribution in [3.05, 3.63) is 79.7 Å². The van der Waals surface area contributed by atoms with Gasteiger partial charge in [-0.25, -0.2) is 4.39 Å². The van der Waals surface area contributed by atoms with Gasteiger partial charge in [0, 0.05) is 5.39 Å². The summed E-state index contributed by atoms with van der Waals surface area (Å²) in [4.78, 5) is 0. The van der Waals surface area contributed by atoms with E-state index in [4.69, 9.17) is 0 Å². The second-order valence-electron chi connectivity index (χ2n) is 3.99. The lowest BCUT2D eigenvalue weighted by molar-refractivity contribution is -0.595. The predicted molar refractivity (Wildman–Crippen MR) is 67.7 cm³/mol. The maximum atomic E-state index is 12.9. The summed E-state index contributed by atoms with van der Waals surface area (Å²) in [5.41, 5.74) is 0. The highest BCUT2D eigenvalue weighted by Crippen LogP contribution is 2.12. The summed E-state index contributed by atoms with van der Waals surface area (Å²) in [5.74, 6) is -0.166. The van der Waals surface area contributed by atoms with Crippen LogP contribution in [-0.4, -0.2) is 0 Å². The molecule has 2 heteroatoms. The molecule has 0 nitrogen and oxygen atoms in total. The molecule has 0 saturated heterocycles. The molecule has 0 atom stereocenters. The molecule has 0 unspecified atom stereocenters. The third-order valence-electron chi connectivity index (χ3n) is 2.75. The van der Waals surface area contributed by atoms with Crippen LogP contribution in [0.4, 0.5) is 4.39 Å². The van der Waals surface area contributed by atoms with Crippen LogP contribution in [0.15, 0.2) is 66.7 Å². The summed E-state index contributed by atoms with van der Waals surface area (Å²) in [7, 11) is 0. The van der Waals surface area contributed by atoms with Gasteiger partial charge in [0.2, 0.25) is 3.57 Å². The van der Waals surface area contributed by atoms with Crippen molar-refractivity contribution < 1.29 is 25.6 Å². The normalized spacial score (nSPS) is 10.7. The van der Waals surface area contributed by atoms with Gasteiger partial charge in [0.15, 0.2) is 3.57 Å². The van der Waals surface area contributed by atoms with Crippen LogP contribution in [0.5, 0.6) is 0 Å². The molecule has 0 aliphatic rings. The molecule has 88 valence electrons. The first-order chi connectivity index (χ1) is 8.83. The molecule has 3 aromatic rings. The van der Waals surface area contributed by atoms with Crippen LogP contribution in [-0.2, 0) is 0 Å². The van der Waals surface area contributed by atoms with Gasteiger partial charge < -0.3 is 0 Å². The number of hydrogen-bond acceptors (Lipinski definition) is 0. The van der Waals surface area contributed by atoms with Crippen molar-refractivity contribution in [2.24, 2.45) is 0 Å². The summed E-state index contributed by atoms with van der Waals surface area (Å²) >= 11 is -0.253. The van der Waals surface area contributed by atoms with E-state index < -0.39 is 0 Å². The topological polar surface area (TPSA) is 0 Å². The van der Waals surface area contributed by atoms with Crippen molar-refractivity contribution in [2.75, 3.05) is 0 Å². The highest BCUT2D eigenvalue weighted by atomic mass is 127. The zero-order valence-corrected chi connectivity index (χ0v) is 11.8. The van der Waals surface area contributed by atoms with Crippen molar-refractivity contribution in [2.45, 2.75) is 0 Å². The van der Waals surface area contributed by atoms with Crippen molar-refractivity contribution >= 4 is 10.8 Å². The van der Waals surface area contributed by atoms with Crippen LogP contribution >= 0.6 is 0 Å². The zero-order valence-electron chi connectivity index (χ0n) is 9.61. The van der Waals surface area contributed by atoms with Gasteiger partial charge in [-0.1, -0.05) is 30.3 Å². The summed E-state index contributed by atoms with van der Waals surface area (Å²) in [6, 6.07) is 21.7. The Bertz CT molecular complexity index is 669. The molecule has 3 aromatic carbocycles. The minimum Gasteiger partial charge on any atom is -0.207 e. The largest absolute Gasteiger partial charge is 0.358 e. The monoisotopic (exact) mass is 349 g/mol. The summed E-state index contributed by atoms with van der Waals surface area (Å²) in [5, 5.41) is 2.59. The maximum absolute atomic E-state index is 12.9. The second kappa shape index (κ2) is 5.06. The molecule has 0 aromatic heterocycles. The smallest absolute Gasteiger partial charge is 0.207 e. The lowest BCUT2D eigenvalue weighted by Crippen LogP contribution is -3.61. The lowest BCUT2D eigenvalue weighted by atomic mass is 10.1. The van der Waals surface area contributed by atoms with E-state index in [1.54, 1.807) is 12.1 Å². The van der Waals surface area contributed by atoms with Crippen LogP contribution in [0, 0.1) is 13.0 Å². The molecule has 0 bridgehead atoms. The van der Waals surface area contributed by atoms with Gasteiger partial charge in [-0.3, -0.25) is 0 Å². The Kier molecular flexibility index (Phi) is 3.28. The van der Waals surface area contributed by atoms with Gasteiger partial charge in [0.1, 0.15) is 5.82 Å². The molecule has 0 radical (unpaired) electrons. The standard InChI is InChI=1S/C16H11FI/c17-13-8-10-14(11-9-13)18-16-7-3-5-12-4-1-2-6-15(12)16/h1-11H/q+1. The summed E-state index contributed by atoms with van der Waals surface area (Å²) < 4.78 is 15.5. The Hall–Kier alpha value is -1.42. The predicted octanol–water partition coefficient (Wildman–Crippen LogP) is 1.11. The van der Waals surface area contributed by atoms with E-state index in [-0.39, 0.29) is 27.0 Å². The van der Waals surface area contributed by atoms with Crippen LogP contribution in [0.2, 0.25) is 0 Å². The second-order valence-corrected chi connectivity index (χ2v) is 6.94. The number of halogens is 2. The fraction of sp³-hybridized carbons (Fsp3) is 0. The molecule has 0 spiro atoms. The first kappa shape index (κ1) is 11.7. The van der Waals surface area contributed by atoms with Gasteiger partial charge in [-0.2, -0.15) is 0 Å². The molecule has 18 heavy (non-hydrogen) atoms. The first-order valence-corrected chi connectivity index (χ1v) is 7.87. The molecule has 0 amide bonds. The average molecular weight is 349 g/mol. The molecule has 0 aliphatic heterocycles. The fourth-order valence-electron chi connectivity index (χ4n) is 1.88. The van der Waals surface area contributed by atoms with E-state index in [0.717, 1.165) is 0 Å². The van der Waals surface area contributed by atoms with Crippen molar-refractivity contribution in [3.63, 3.8) is 0 Å². The Morgan fingerprint density at radius 2 is 1.44 bits per heavy atom. The quantitative estimate of drug-likeness (QED) is 0.608. The van der Waals surface area contributed by atoms with Crippen molar-refractivity contribution in [1.82, 2.24) is 0 Å². The Labute approximate surface area is 116 Å². The average Bonchev–Trinajstić information content (AvgIpc) is 2.42. The van der Waals surface area contributed by atoms with Gasteiger partial charge in [-0.15, -0.1) is 0 Å². The Balaban J connectivity index is 2.02. The minimum atomic E-state index is -0.253. The molecule has 0 saturated carbocycles. The van der Waals surface area contributed by atoms with E-state index >= 15 is 0 Å². The molecule has 3 rings (SSSR count). The van der Waals surface area contributed by atoms with Crippen LogP contribution in [0.25, 0.3) is 10.8 Å². The van der Waals surface area contributed by atoms with E-state index in [9.17, 15) is 4.39 Å². The zero-order chi connectivity index (χ0) is 12.4. The maximum Gasteiger partial charge on any atom is 0.358 e. The number of benzene rings is 3. The summed E-state index contributed by atoms with van der Waals surface area (Å²) in [6.07, 6.45) is 0. The molecular formula is C16H11FI+. The molecule has 0 N–H and O–H groups in total. The first-order valence-electron chi connectivity index (χ1n) is 5.71. The molecule has 0 aliphatic carbocycles. The highest BCUT2D eigenvalue weighted by Gasteiger charge is 2.18. The summed E-state index contributed by atoms with van der Waals surface area (Å²) in [6.45, 7) is 0. The van der Waals surface area contributed by atoms with Crippen LogP contribution in [0.3, 0.4) is 0 Å². The Morgan fingerprint density at radius 3 is 2.28 bits per heavy atom. The third kappa shape index (κ3) is 2.38. The van der Waals surface area contributed by atoms with Crippen molar-refractivity contribution in [3.8, 4) is 0 Å². The highest BCUT2D eigenvalue weighted by molar-refractivity contribution is 5.81. The van der Waals surface area contributed by atoms with Gasteiger partial charge in [0.05, 0.1) is 0 Å². The number of hydrogen-bond donors (Lipinski definition) is 0. The molecule has 0 heterocycles. The number of fused-ring (bicyclic) bond motifs is 1. The molecule has 0 fully saturated rings. The van der Waals surface area contributed by atoms with Crippen molar-refractivity contribution in [1.29, 1.82) is 0 Å². The third-order valence-corrected chi connectivity index (χ3v) is 5.61. The van der Waals surface area contributed by atoms with E-state index in [1.165, 1.54) is 17.9 Å². The Morgan fingerprint density at radius 1 is 0.722 bits per heavy atom. The molecular weight excluding hydrogens is 338 g/mol. The van der Waals surface area contributed by atoms with Gasteiger partial charge in [0.25, 0.3) is 0 Å². The van der Waals surface area contributed by atoms with Gasteiger partial charge >= 0.3 is 21.2 Å².